The van der Waals surface area contributed by atoms with E-state index < -0.39 is 47.5 Å². The number of nitrogens with zero attached hydrogens (tertiary/aromatic N) is 6. The summed E-state index contributed by atoms with van der Waals surface area (Å²) in [5.41, 5.74) is -1.39. The molecule has 4 fully saturated rings. The topological polar surface area (TPSA) is 94.9 Å². The minimum absolute atomic E-state index is 0.0141. The minimum Gasteiger partial charge on any atom is -0.508 e. The molecule has 4 aliphatic rings. The number of piperazine rings is 1. The Labute approximate surface area is 295 Å². The molecule has 2 unspecified atom stereocenters. The van der Waals surface area contributed by atoms with Crippen LogP contribution in [-0.4, -0.2) is 98.5 Å². The molecule has 0 spiro atoms. The van der Waals surface area contributed by atoms with E-state index in [1.165, 1.54) is 18.2 Å². The summed E-state index contributed by atoms with van der Waals surface area (Å²) in [5.74, 6) is -1.48. The van der Waals surface area contributed by atoms with Crippen molar-refractivity contribution in [3.8, 4) is 35.4 Å². The fourth-order valence-corrected chi connectivity index (χ4v) is 9.06. The van der Waals surface area contributed by atoms with Crippen molar-refractivity contribution >= 4 is 49.3 Å². The highest BCUT2D eigenvalue weighted by Gasteiger charge is 2.52. The maximum absolute atomic E-state index is 17.0. The molecule has 1 N–H and O–H groups in total. The molecule has 0 aliphatic carbocycles. The van der Waals surface area contributed by atoms with E-state index in [-0.39, 0.29) is 88.0 Å². The Morgan fingerprint density at radius 2 is 1.84 bits per heavy atom. The highest BCUT2D eigenvalue weighted by molar-refractivity contribution is 9.10. The van der Waals surface area contributed by atoms with Gasteiger partial charge in [0.05, 0.1) is 28.6 Å². The average molecular weight is 776 g/mol. The van der Waals surface area contributed by atoms with E-state index in [1.54, 1.807) is 4.90 Å². The molecule has 51 heavy (non-hydrogen) atoms. The van der Waals surface area contributed by atoms with Crippen LogP contribution in [0, 0.1) is 24.0 Å². The first-order chi connectivity index (χ1) is 24.3. The van der Waals surface area contributed by atoms with Crippen molar-refractivity contribution in [2.75, 3.05) is 37.7 Å². The first kappa shape index (κ1) is 33.8. The predicted octanol–water partition coefficient (Wildman–Crippen LogP) is 6.27. The van der Waals surface area contributed by atoms with E-state index in [9.17, 15) is 31.9 Å². The van der Waals surface area contributed by atoms with Crippen LogP contribution in [0.1, 0.15) is 37.7 Å². The van der Waals surface area contributed by atoms with Crippen molar-refractivity contribution in [1.29, 1.82) is 0 Å². The highest BCUT2D eigenvalue weighted by atomic mass is 79.9. The first-order valence-corrected chi connectivity index (χ1v) is 17.2. The zero-order valence-corrected chi connectivity index (χ0v) is 28.4. The van der Waals surface area contributed by atoms with E-state index in [0.29, 0.717) is 31.2 Å². The van der Waals surface area contributed by atoms with Gasteiger partial charge in [0.1, 0.15) is 46.0 Å². The number of rotatable bonds is 5. The SMILES string of the molecule is C#Cc1c(F)ccc2cc(O)cc(-c3nc(Br)c4c(N5CC6CCC(C5)N6C(=O)C(F)(F)F)nc(OC[C@]56CCCN5C[C@@H](F)C6)nc4c3F)c12. The molecule has 0 radical (unpaired) electrons. The van der Waals surface area contributed by atoms with Gasteiger partial charge in [-0.25, -0.2) is 18.2 Å². The van der Waals surface area contributed by atoms with Gasteiger partial charge in [0.2, 0.25) is 0 Å². The van der Waals surface area contributed by atoms with Gasteiger partial charge in [0.25, 0.3) is 0 Å². The largest absolute Gasteiger partial charge is 0.508 e. The molecule has 4 aromatic rings. The summed E-state index contributed by atoms with van der Waals surface area (Å²) >= 11 is 3.43. The van der Waals surface area contributed by atoms with Gasteiger partial charge in [0.15, 0.2) is 5.82 Å². The van der Waals surface area contributed by atoms with Crippen LogP contribution < -0.4 is 9.64 Å². The number of aromatic hydroxyl groups is 1. The molecule has 8 rings (SSSR count). The van der Waals surface area contributed by atoms with Crippen LogP contribution in [0.15, 0.2) is 28.9 Å². The van der Waals surface area contributed by atoms with Gasteiger partial charge in [-0.15, -0.1) is 6.42 Å². The second-order valence-electron chi connectivity index (χ2n) is 13.6. The number of pyridine rings is 1. The molecule has 6 heterocycles. The third kappa shape index (κ3) is 5.51. The van der Waals surface area contributed by atoms with Crippen LogP contribution in [0.2, 0.25) is 0 Å². The number of ether oxygens (including phenoxy) is 1. The van der Waals surface area contributed by atoms with Gasteiger partial charge in [-0.05, 0) is 71.7 Å². The summed E-state index contributed by atoms with van der Waals surface area (Å²) in [4.78, 5) is 30.5. The zero-order valence-electron chi connectivity index (χ0n) is 26.8. The molecule has 9 nitrogen and oxygen atoms in total. The number of carbonyl (C=O) groups is 1. The molecule has 2 bridgehead atoms. The summed E-state index contributed by atoms with van der Waals surface area (Å²) in [5, 5.41) is 11.1. The Morgan fingerprint density at radius 1 is 1.10 bits per heavy atom. The van der Waals surface area contributed by atoms with Crippen LogP contribution in [-0.2, 0) is 4.79 Å². The number of alkyl halides is 4. The number of anilines is 1. The third-order valence-corrected chi connectivity index (χ3v) is 11.2. The molecule has 1 amide bonds. The number of terminal acetylenes is 1. The fourth-order valence-electron chi connectivity index (χ4n) is 8.52. The van der Waals surface area contributed by atoms with Crippen LogP contribution in [0.4, 0.5) is 32.2 Å². The second kappa shape index (κ2) is 12.1. The zero-order chi connectivity index (χ0) is 36.0. The number of fused-ring (bicyclic) bond motifs is 5. The van der Waals surface area contributed by atoms with E-state index in [4.69, 9.17) is 11.2 Å². The quantitative estimate of drug-likeness (QED) is 0.144. The Bertz CT molecular complexity index is 2150. The number of carbonyl (C=O) groups excluding carboxylic acids is 1. The van der Waals surface area contributed by atoms with E-state index >= 15 is 4.39 Å². The molecule has 4 atom stereocenters. The summed E-state index contributed by atoms with van der Waals surface area (Å²) < 4.78 is 93.2. The summed E-state index contributed by atoms with van der Waals surface area (Å²) in [6.07, 6.45) is 2.01. The Morgan fingerprint density at radius 3 is 2.55 bits per heavy atom. The lowest BCUT2D eigenvalue weighted by Gasteiger charge is -2.42. The molecule has 0 saturated carbocycles. The van der Waals surface area contributed by atoms with Gasteiger partial charge in [0, 0.05) is 37.0 Å². The monoisotopic (exact) mass is 774 g/mol. The number of phenolic OH excluding ortho intramolecular Hbond substituents is 1. The van der Waals surface area contributed by atoms with E-state index in [2.05, 4.69) is 36.8 Å². The van der Waals surface area contributed by atoms with Crippen molar-refractivity contribution in [1.82, 2.24) is 24.8 Å². The molecule has 266 valence electrons. The van der Waals surface area contributed by atoms with Crippen molar-refractivity contribution in [2.45, 2.75) is 62.1 Å². The summed E-state index contributed by atoms with van der Waals surface area (Å²) in [7, 11) is 0. The number of hydrogen-bond donors (Lipinski definition) is 1. The smallest absolute Gasteiger partial charge is 0.471 e. The number of aromatic nitrogens is 3. The maximum atomic E-state index is 17.0. The number of phenols is 1. The van der Waals surface area contributed by atoms with Crippen LogP contribution in [0.5, 0.6) is 11.8 Å². The normalized spacial score (nSPS) is 24.8. The lowest BCUT2D eigenvalue weighted by molar-refractivity contribution is -0.188. The van der Waals surface area contributed by atoms with Gasteiger partial charge in [-0.3, -0.25) is 9.69 Å². The average Bonchev–Trinajstić information content (AvgIpc) is 3.70. The highest BCUT2D eigenvalue weighted by Crippen LogP contribution is 2.44. The van der Waals surface area contributed by atoms with Crippen molar-refractivity contribution < 1.29 is 41.0 Å². The van der Waals surface area contributed by atoms with E-state index in [1.807, 2.05) is 4.90 Å². The summed E-state index contributed by atoms with van der Waals surface area (Å²) in [6, 6.07) is 3.27. The number of benzene rings is 2. The Kier molecular flexibility index (Phi) is 8.02. The van der Waals surface area contributed by atoms with Gasteiger partial charge in [-0.1, -0.05) is 12.0 Å². The maximum Gasteiger partial charge on any atom is 0.471 e. The summed E-state index contributed by atoms with van der Waals surface area (Å²) in [6.45, 7) is 0.906. The lowest BCUT2D eigenvalue weighted by Crippen LogP contribution is -2.59. The van der Waals surface area contributed by atoms with Crippen LogP contribution in [0.3, 0.4) is 0 Å². The van der Waals surface area contributed by atoms with Crippen LogP contribution in [0.25, 0.3) is 32.9 Å². The van der Waals surface area contributed by atoms with E-state index in [0.717, 1.165) is 17.4 Å². The fraction of sp³-hybridized carbons (Fsp3) is 0.429. The third-order valence-electron chi connectivity index (χ3n) is 10.6. The number of hydrogen-bond acceptors (Lipinski definition) is 8. The van der Waals surface area contributed by atoms with Gasteiger partial charge >= 0.3 is 18.1 Å². The van der Waals surface area contributed by atoms with Gasteiger partial charge < -0.3 is 19.6 Å². The molecular weight excluding hydrogens is 746 g/mol. The standard InChI is InChI=1S/C35H29BrF6N6O3/c1-2-22-24(38)7-4-17-10-21(49)11-23(25(17)22)28-27(39)29-26(30(36)43-28)31(46-14-19-5-6-20(15-46)48(19)32(50)35(40,41)42)45-33(44-29)51-16-34-8-3-9-47(34)13-18(37)12-34/h1,4,7,10-11,18-20,49H,3,5-6,8-9,12-16H2/t18-,19?,20?,34+/m0/s1. The molecule has 4 aliphatic heterocycles. The number of halogens is 7. The first-order valence-electron chi connectivity index (χ1n) is 16.4. The Balaban J connectivity index is 1.28. The second-order valence-corrected chi connectivity index (χ2v) is 14.4. The van der Waals surface area contributed by atoms with Crippen molar-refractivity contribution in [3.63, 3.8) is 0 Å². The van der Waals surface area contributed by atoms with Crippen molar-refractivity contribution in [3.05, 3.63) is 46.1 Å². The molecule has 4 saturated heterocycles. The van der Waals surface area contributed by atoms with Gasteiger partial charge in [-0.2, -0.15) is 23.1 Å². The minimum atomic E-state index is -5.04. The predicted molar refractivity (Wildman–Crippen MR) is 178 cm³/mol. The van der Waals surface area contributed by atoms with Crippen LogP contribution >= 0.6 is 15.9 Å². The molecular formula is C35H29BrF6N6O3. The lowest BCUT2D eigenvalue weighted by atomic mass is 9.95. The van der Waals surface area contributed by atoms with Crippen molar-refractivity contribution in [2.24, 2.45) is 0 Å². The number of amides is 1. The molecule has 2 aromatic carbocycles. The molecule has 16 heteroatoms. The Hall–Kier alpha value is -4.36. The molecule has 2 aromatic heterocycles.